The number of rotatable bonds is 10. The second-order valence-corrected chi connectivity index (χ2v) is 18.9. The maximum Gasteiger partial charge on any atom is 0.263 e. The van der Waals surface area contributed by atoms with Crippen LogP contribution in [0.2, 0.25) is 25.7 Å². The van der Waals surface area contributed by atoms with Crippen LogP contribution in [0.4, 0.5) is 18.9 Å². The van der Waals surface area contributed by atoms with Crippen molar-refractivity contribution in [1.82, 2.24) is 24.1 Å². The van der Waals surface area contributed by atoms with Crippen LogP contribution in [0.15, 0.2) is 48.0 Å². The lowest BCUT2D eigenvalue weighted by Gasteiger charge is -2.26. The SMILES string of the molecule is Cc1ncc(F)cc1S(=O)(=O)Nc1ccc(F)c(C2CCc3c(-c4nccn4COCC[Si](C)(C)C)ncn3C2)c1F. The van der Waals surface area contributed by atoms with Crippen LogP contribution in [0, 0.1) is 24.4 Å². The molecule has 14 heteroatoms. The molecular weight excluding hydrogens is 585 g/mol. The predicted octanol–water partition coefficient (Wildman–Crippen LogP) is 5.71. The van der Waals surface area contributed by atoms with Crippen molar-refractivity contribution in [2.24, 2.45) is 0 Å². The molecule has 0 bridgehead atoms. The van der Waals surface area contributed by atoms with E-state index in [0.717, 1.165) is 36.1 Å². The van der Waals surface area contributed by atoms with Gasteiger partial charge in [-0.2, -0.15) is 0 Å². The third-order valence-corrected chi connectivity index (χ3v) is 10.5. The van der Waals surface area contributed by atoms with Crippen LogP contribution in [0.3, 0.4) is 0 Å². The number of anilines is 1. The molecule has 0 aliphatic carbocycles. The summed E-state index contributed by atoms with van der Waals surface area (Å²) in [5.74, 6) is -2.56. The van der Waals surface area contributed by atoms with Crippen molar-refractivity contribution < 1.29 is 26.3 Å². The first-order chi connectivity index (χ1) is 19.8. The zero-order valence-electron chi connectivity index (χ0n) is 23.9. The first-order valence-corrected chi connectivity index (χ1v) is 18.8. The fraction of sp³-hybridized carbons (Fsp3) is 0.393. The number of ether oxygens (including phenoxy) is 1. The van der Waals surface area contributed by atoms with E-state index in [0.29, 0.717) is 37.7 Å². The van der Waals surface area contributed by atoms with E-state index in [1.165, 1.54) is 6.92 Å². The van der Waals surface area contributed by atoms with Crippen molar-refractivity contribution in [2.75, 3.05) is 11.3 Å². The van der Waals surface area contributed by atoms with Crippen molar-refractivity contribution in [3.05, 3.63) is 77.5 Å². The quantitative estimate of drug-likeness (QED) is 0.180. The Morgan fingerprint density at radius 3 is 2.69 bits per heavy atom. The fourth-order valence-corrected chi connectivity index (χ4v) is 7.07. The Morgan fingerprint density at radius 1 is 1.14 bits per heavy atom. The fourth-order valence-electron chi connectivity index (χ4n) is 5.04. The van der Waals surface area contributed by atoms with E-state index in [2.05, 4.69) is 39.3 Å². The summed E-state index contributed by atoms with van der Waals surface area (Å²) in [6.07, 6.45) is 6.92. The minimum absolute atomic E-state index is 0.0427. The van der Waals surface area contributed by atoms with Crippen molar-refractivity contribution >= 4 is 23.8 Å². The summed E-state index contributed by atoms with van der Waals surface area (Å²) in [6.45, 7) is 9.53. The van der Waals surface area contributed by atoms with Crippen LogP contribution in [0.1, 0.15) is 29.3 Å². The van der Waals surface area contributed by atoms with Gasteiger partial charge in [0.1, 0.15) is 29.0 Å². The number of benzene rings is 1. The van der Waals surface area contributed by atoms with E-state index < -0.39 is 52.0 Å². The molecule has 0 radical (unpaired) electrons. The van der Waals surface area contributed by atoms with Crippen LogP contribution < -0.4 is 4.72 Å². The summed E-state index contributed by atoms with van der Waals surface area (Å²) in [6, 6.07) is 3.90. The Balaban J connectivity index is 1.35. The minimum Gasteiger partial charge on any atom is -0.361 e. The Kier molecular flexibility index (Phi) is 8.32. The Morgan fingerprint density at radius 2 is 1.93 bits per heavy atom. The van der Waals surface area contributed by atoms with Crippen LogP contribution in [0.5, 0.6) is 0 Å². The van der Waals surface area contributed by atoms with Crippen molar-refractivity contribution in [3.8, 4) is 11.5 Å². The monoisotopic (exact) mass is 618 g/mol. The minimum atomic E-state index is -4.39. The standard InChI is InChI=1S/C28H33F3N6O3SSi/c1-18-24(13-20(29)14-33-18)41(38,39)35-22-7-6-21(30)25(26(22)31)19-5-8-23-27(34-16-37(23)15-19)28-32-9-10-36(28)17-40-11-12-42(2,3)4/h6-7,9-10,13-14,16,19,35H,5,8,11-12,15,17H2,1-4H3. The van der Waals surface area contributed by atoms with Gasteiger partial charge in [-0.25, -0.2) is 31.6 Å². The molecule has 4 aromatic rings. The molecule has 9 nitrogen and oxygen atoms in total. The molecule has 0 saturated carbocycles. The van der Waals surface area contributed by atoms with Gasteiger partial charge in [0.15, 0.2) is 11.6 Å². The topological polar surface area (TPSA) is 104 Å². The second kappa shape index (κ2) is 11.6. The van der Waals surface area contributed by atoms with Crippen molar-refractivity contribution in [1.29, 1.82) is 0 Å². The van der Waals surface area contributed by atoms with Gasteiger partial charge in [0.05, 0.1) is 23.9 Å². The third kappa shape index (κ3) is 6.30. The summed E-state index contributed by atoms with van der Waals surface area (Å²) in [7, 11) is -5.60. The Hall–Kier alpha value is -3.49. The Labute approximate surface area is 243 Å². The van der Waals surface area contributed by atoms with Crippen molar-refractivity contribution in [2.45, 2.75) is 69.5 Å². The normalized spacial score (nSPS) is 15.5. The van der Waals surface area contributed by atoms with Gasteiger partial charge in [-0.1, -0.05) is 19.6 Å². The van der Waals surface area contributed by atoms with Gasteiger partial charge in [-0.3, -0.25) is 9.71 Å². The number of aryl methyl sites for hydroxylation is 1. The van der Waals surface area contributed by atoms with Gasteiger partial charge in [0.2, 0.25) is 0 Å². The van der Waals surface area contributed by atoms with Crippen molar-refractivity contribution in [3.63, 3.8) is 0 Å². The number of fused-ring (bicyclic) bond motifs is 1. The molecule has 0 amide bonds. The van der Waals surface area contributed by atoms with E-state index in [4.69, 9.17) is 4.74 Å². The zero-order chi connectivity index (χ0) is 30.2. The van der Waals surface area contributed by atoms with Crippen LogP contribution in [0.25, 0.3) is 11.5 Å². The summed E-state index contributed by atoms with van der Waals surface area (Å²) in [5.41, 5.74) is 0.980. The molecule has 1 aliphatic heterocycles. The number of nitrogens with one attached hydrogen (secondary N) is 1. The number of aromatic nitrogens is 5. The highest BCUT2D eigenvalue weighted by Gasteiger charge is 2.31. The lowest BCUT2D eigenvalue weighted by Crippen LogP contribution is -2.22. The smallest absolute Gasteiger partial charge is 0.263 e. The first kappa shape index (κ1) is 30.0. The molecular formula is C28H33F3N6O3SSi. The number of sulfonamides is 1. The van der Waals surface area contributed by atoms with E-state index in [1.54, 1.807) is 12.5 Å². The molecule has 1 unspecified atom stereocenters. The van der Waals surface area contributed by atoms with E-state index in [9.17, 15) is 12.8 Å². The average Bonchev–Trinajstić information content (AvgIpc) is 3.55. The highest BCUT2D eigenvalue weighted by molar-refractivity contribution is 7.92. The molecule has 0 saturated heterocycles. The number of hydrogen-bond acceptors (Lipinski definition) is 6. The number of halogens is 3. The van der Waals surface area contributed by atoms with E-state index in [1.807, 2.05) is 15.3 Å². The molecule has 224 valence electrons. The summed E-state index contributed by atoms with van der Waals surface area (Å²) in [4.78, 5) is 12.3. The molecule has 1 aliphatic rings. The predicted molar refractivity (Wildman–Crippen MR) is 155 cm³/mol. The first-order valence-electron chi connectivity index (χ1n) is 13.6. The van der Waals surface area contributed by atoms with E-state index in [-0.39, 0.29) is 17.8 Å². The van der Waals surface area contributed by atoms with Gasteiger partial charge in [0, 0.05) is 50.8 Å². The lowest BCUT2D eigenvalue weighted by molar-refractivity contribution is 0.0882. The molecule has 42 heavy (non-hydrogen) atoms. The number of nitrogens with zero attached hydrogens (tertiary/aromatic N) is 5. The second-order valence-electron chi connectivity index (χ2n) is 11.7. The van der Waals surface area contributed by atoms with Gasteiger partial charge in [0.25, 0.3) is 10.0 Å². The molecule has 1 aromatic carbocycles. The molecule has 5 rings (SSSR count). The van der Waals surface area contributed by atoms with Crippen LogP contribution >= 0.6 is 0 Å². The van der Waals surface area contributed by atoms with E-state index >= 15 is 8.78 Å². The maximum absolute atomic E-state index is 15.7. The largest absolute Gasteiger partial charge is 0.361 e. The highest BCUT2D eigenvalue weighted by Crippen LogP contribution is 2.37. The molecule has 0 spiro atoms. The zero-order valence-corrected chi connectivity index (χ0v) is 25.7. The summed E-state index contributed by atoms with van der Waals surface area (Å²) in [5, 5.41) is 0. The summed E-state index contributed by atoms with van der Waals surface area (Å²) >= 11 is 0. The van der Waals surface area contributed by atoms with Gasteiger partial charge in [-0.05, 0) is 44.0 Å². The number of pyridine rings is 1. The average molecular weight is 619 g/mol. The van der Waals surface area contributed by atoms with Crippen LogP contribution in [-0.2, 0) is 34.5 Å². The van der Waals surface area contributed by atoms with Gasteiger partial charge in [-0.15, -0.1) is 0 Å². The molecule has 3 aromatic heterocycles. The third-order valence-electron chi connectivity index (χ3n) is 7.32. The lowest BCUT2D eigenvalue weighted by atomic mass is 9.89. The molecule has 1 atom stereocenters. The number of hydrogen-bond donors (Lipinski definition) is 1. The maximum atomic E-state index is 15.7. The highest BCUT2D eigenvalue weighted by atomic mass is 32.2. The number of imidazole rings is 2. The Bertz CT molecular complexity index is 1720. The molecule has 1 N–H and O–H groups in total. The summed E-state index contributed by atoms with van der Waals surface area (Å²) < 4.78 is 82.1. The molecule has 0 fully saturated rings. The van der Waals surface area contributed by atoms with Gasteiger partial charge >= 0.3 is 0 Å². The van der Waals surface area contributed by atoms with Gasteiger partial charge < -0.3 is 13.9 Å². The molecule has 4 heterocycles. The van der Waals surface area contributed by atoms with Crippen LogP contribution in [-0.4, -0.2) is 47.2 Å².